The van der Waals surface area contributed by atoms with Gasteiger partial charge < -0.3 is 4.90 Å². The molecule has 0 aromatic heterocycles. The van der Waals surface area contributed by atoms with Gasteiger partial charge in [0.25, 0.3) is 0 Å². The van der Waals surface area contributed by atoms with Crippen LogP contribution in [0.2, 0.25) is 0 Å². The quantitative estimate of drug-likeness (QED) is 0.595. The molecule has 0 unspecified atom stereocenters. The molecule has 2 heteroatoms. The third-order valence-electron chi connectivity index (χ3n) is 2.12. The molecule has 1 aliphatic heterocycles. The molecule has 1 heterocycles. The minimum Gasteiger partial charge on any atom is -0.308 e. The van der Waals surface area contributed by atoms with Crippen LogP contribution < -0.4 is 4.90 Å². The van der Waals surface area contributed by atoms with Crippen molar-refractivity contribution in [3.8, 4) is 0 Å². The molecule has 66 valence electrons. The fourth-order valence-corrected chi connectivity index (χ4v) is 1.43. The Morgan fingerprint density at radius 1 is 1.08 bits per heavy atom. The second kappa shape index (κ2) is 3.44. The predicted octanol–water partition coefficient (Wildman–Crippen LogP) is 1.98. The fraction of sp³-hybridized carbons (Fsp3) is 0.182. The molecule has 0 bridgehead atoms. The number of hydrogen-bond donors (Lipinski definition) is 0. The molecule has 0 radical (unpaired) electrons. The lowest BCUT2D eigenvalue weighted by atomic mass is 10.2. The van der Waals surface area contributed by atoms with Crippen LogP contribution >= 0.6 is 0 Å². The number of hydrogen-bond acceptors (Lipinski definition) is 1. The Morgan fingerprint density at radius 2 is 1.85 bits per heavy atom. The van der Waals surface area contributed by atoms with Crippen molar-refractivity contribution in [2.45, 2.75) is 6.42 Å². The average Bonchev–Trinajstić information content (AvgIpc) is 2.20. The SMILES string of the molecule is O=C1CC=CCN1c1ccccc1. The molecule has 0 N–H and O–H groups in total. The normalized spacial score (nSPS) is 16.3. The van der Waals surface area contributed by atoms with E-state index in [1.165, 1.54) is 0 Å². The fourth-order valence-electron chi connectivity index (χ4n) is 1.43. The molecule has 0 saturated heterocycles. The lowest BCUT2D eigenvalue weighted by Gasteiger charge is -2.23. The van der Waals surface area contributed by atoms with Crippen LogP contribution in [0.5, 0.6) is 0 Å². The first-order valence-corrected chi connectivity index (χ1v) is 4.38. The number of nitrogens with zero attached hydrogens (tertiary/aromatic N) is 1. The van der Waals surface area contributed by atoms with Gasteiger partial charge in [0.1, 0.15) is 0 Å². The highest BCUT2D eigenvalue weighted by atomic mass is 16.2. The van der Waals surface area contributed by atoms with Gasteiger partial charge in [-0.15, -0.1) is 0 Å². The number of carbonyl (C=O) groups is 1. The van der Waals surface area contributed by atoms with Crippen LogP contribution in [0.3, 0.4) is 0 Å². The van der Waals surface area contributed by atoms with E-state index in [4.69, 9.17) is 0 Å². The maximum Gasteiger partial charge on any atom is 0.231 e. The molecule has 1 aromatic rings. The summed E-state index contributed by atoms with van der Waals surface area (Å²) in [7, 11) is 0. The third-order valence-corrected chi connectivity index (χ3v) is 2.12. The summed E-state index contributed by atoms with van der Waals surface area (Å²) in [6, 6.07) is 9.75. The third kappa shape index (κ3) is 1.61. The van der Waals surface area contributed by atoms with Crippen molar-refractivity contribution in [3.63, 3.8) is 0 Å². The Labute approximate surface area is 77.5 Å². The number of para-hydroxylation sites is 1. The van der Waals surface area contributed by atoms with E-state index in [1.807, 2.05) is 42.5 Å². The van der Waals surface area contributed by atoms with Gasteiger partial charge in [-0.05, 0) is 12.1 Å². The first-order valence-electron chi connectivity index (χ1n) is 4.38. The van der Waals surface area contributed by atoms with Crippen molar-refractivity contribution in [2.24, 2.45) is 0 Å². The Balaban J connectivity index is 2.26. The molecule has 2 nitrogen and oxygen atoms in total. The first kappa shape index (κ1) is 8.05. The highest BCUT2D eigenvalue weighted by Crippen LogP contribution is 2.16. The van der Waals surface area contributed by atoms with E-state index in [0.717, 1.165) is 5.69 Å². The highest BCUT2D eigenvalue weighted by molar-refractivity contribution is 5.95. The smallest absolute Gasteiger partial charge is 0.231 e. The zero-order valence-electron chi connectivity index (χ0n) is 7.31. The first-order chi connectivity index (χ1) is 6.38. The Morgan fingerprint density at radius 3 is 2.54 bits per heavy atom. The average molecular weight is 173 g/mol. The van der Waals surface area contributed by atoms with Crippen LogP contribution in [0, 0.1) is 0 Å². The van der Waals surface area contributed by atoms with E-state index < -0.39 is 0 Å². The molecule has 1 amide bonds. The van der Waals surface area contributed by atoms with Gasteiger partial charge in [0.2, 0.25) is 5.91 Å². The van der Waals surface area contributed by atoms with Crippen molar-refractivity contribution >= 4 is 11.6 Å². The number of benzene rings is 1. The molecule has 2 rings (SSSR count). The van der Waals surface area contributed by atoms with Crippen molar-refractivity contribution in [3.05, 3.63) is 42.5 Å². The number of amides is 1. The molecule has 13 heavy (non-hydrogen) atoms. The molecular formula is C11H11NO. The van der Waals surface area contributed by atoms with Crippen LogP contribution in [0.15, 0.2) is 42.5 Å². The summed E-state index contributed by atoms with van der Waals surface area (Å²) in [5.74, 6) is 0.175. The van der Waals surface area contributed by atoms with Gasteiger partial charge in [-0.25, -0.2) is 0 Å². The van der Waals surface area contributed by atoms with Crippen LogP contribution in [0.25, 0.3) is 0 Å². The minimum atomic E-state index is 0.175. The largest absolute Gasteiger partial charge is 0.308 e. The minimum absolute atomic E-state index is 0.175. The van der Waals surface area contributed by atoms with Crippen molar-refractivity contribution in [2.75, 3.05) is 11.4 Å². The maximum atomic E-state index is 11.5. The number of rotatable bonds is 1. The summed E-state index contributed by atoms with van der Waals surface area (Å²) in [5, 5.41) is 0. The van der Waals surface area contributed by atoms with E-state index in [-0.39, 0.29) is 5.91 Å². The van der Waals surface area contributed by atoms with Crippen LogP contribution in [0.4, 0.5) is 5.69 Å². The van der Waals surface area contributed by atoms with Crippen LogP contribution in [-0.4, -0.2) is 12.5 Å². The standard InChI is InChI=1S/C11H11NO/c13-11-8-4-5-9-12(11)10-6-2-1-3-7-10/h1-7H,8-9H2. The van der Waals surface area contributed by atoms with Crippen molar-refractivity contribution in [1.29, 1.82) is 0 Å². The van der Waals surface area contributed by atoms with Gasteiger partial charge in [0.15, 0.2) is 0 Å². The van der Waals surface area contributed by atoms with Crippen molar-refractivity contribution in [1.82, 2.24) is 0 Å². The molecule has 0 aliphatic carbocycles. The summed E-state index contributed by atoms with van der Waals surface area (Å²) < 4.78 is 0. The summed E-state index contributed by atoms with van der Waals surface area (Å²) >= 11 is 0. The molecular weight excluding hydrogens is 162 g/mol. The van der Waals surface area contributed by atoms with Gasteiger partial charge in [-0.3, -0.25) is 4.79 Å². The number of anilines is 1. The highest BCUT2D eigenvalue weighted by Gasteiger charge is 2.15. The summed E-state index contributed by atoms with van der Waals surface area (Å²) in [5.41, 5.74) is 0.983. The maximum absolute atomic E-state index is 11.5. The molecule has 1 aromatic carbocycles. The van der Waals surface area contributed by atoms with Gasteiger partial charge >= 0.3 is 0 Å². The molecule has 0 atom stereocenters. The lowest BCUT2D eigenvalue weighted by Crippen LogP contribution is -2.32. The van der Waals surface area contributed by atoms with Crippen LogP contribution in [0.1, 0.15) is 6.42 Å². The van der Waals surface area contributed by atoms with Crippen molar-refractivity contribution < 1.29 is 4.79 Å². The Kier molecular flexibility index (Phi) is 2.13. The summed E-state index contributed by atoms with van der Waals surface area (Å²) in [4.78, 5) is 13.3. The van der Waals surface area contributed by atoms with Gasteiger partial charge in [0.05, 0.1) is 0 Å². The van der Waals surface area contributed by atoms with Gasteiger partial charge in [0, 0.05) is 18.7 Å². The zero-order valence-corrected chi connectivity index (χ0v) is 7.31. The van der Waals surface area contributed by atoms with E-state index >= 15 is 0 Å². The van der Waals surface area contributed by atoms with Crippen LogP contribution in [-0.2, 0) is 4.79 Å². The summed E-state index contributed by atoms with van der Waals surface area (Å²) in [6.07, 6.45) is 4.46. The molecule has 1 aliphatic rings. The lowest BCUT2D eigenvalue weighted by molar-refractivity contribution is -0.117. The Bertz CT molecular complexity index is 329. The van der Waals surface area contributed by atoms with Gasteiger partial charge in [-0.1, -0.05) is 30.4 Å². The monoisotopic (exact) mass is 173 g/mol. The molecule has 0 fully saturated rings. The van der Waals surface area contributed by atoms with E-state index in [9.17, 15) is 4.79 Å². The zero-order chi connectivity index (χ0) is 9.10. The second-order valence-electron chi connectivity index (χ2n) is 3.02. The molecule has 0 spiro atoms. The van der Waals surface area contributed by atoms with E-state index in [1.54, 1.807) is 4.90 Å². The number of carbonyl (C=O) groups excluding carboxylic acids is 1. The molecule has 0 saturated carbocycles. The summed E-state index contributed by atoms with van der Waals surface area (Å²) in [6.45, 7) is 0.697. The topological polar surface area (TPSA) is 20.3 Å². The van der Waals surface area contributed by atoms with E-state index in [2.05, 4.69) is 0 Å². The second-order valence-corrected chi connectivity index (χ2v) is 3.02. The van der Waals surface area contributed by atoms with E-state index in [0.29, 0.717) is 13.0 Å². The van der Waals surface area contributed by atoms with Gasteiger partial charge in [-0.2, -0.15) is 0 Å². The predicted molar refractivity (Wildman–Crippen MR) is 52.6 cm³/mol. The Hall–Kier alpha value is -1.57.